The summed E-state index contributed by atoms with van der Waals surface area (Å²) in [6.45, 7) is 6.33. The lowest BCUT2D eigenvalue weighted by atomic mass is 10.2. The van der Waals surface area contributed by atoms with Gasteiger partial charge in [-0.2, -0.15) is 0 Å². The third-order valence-corrected chi connectivity index (χ3v) is 3.44. The van der Waals surface area contributed by atoms with E-state index in [2.05, 4.69) is 19.2 Å². The molecule has 0 amide bonds. The zero-order valence-corrected chi connectivity index (χ0v) is 12.0. The number of hydrogen-bond donors (Lipinski definition) is 1. The van der Waals surface area contributed by atoms with Gasteiger partial charge in [0.05, 0.1) is 11.5 Å². The topological polar surface area (TPSA) is 55.4 Å². The Morgan fingerprint density at radius 1 is 1.22 bits per heavy atom. The van der Waals surface area contributed by atoms with E-state index in [0.717, 1.165) is 12.3 Å². The number of rotatable bonds is 7. The first-order valence-electron chi connectivity index (χ1n) is 6.01. The molecule has 0 aliphatic carbocycles. The Morgan fingerprint density at radius 2 is 1.83 bits per heavy atom. The van der Waals surface area contributed by atoms with E-state index < -0.39 is 9.84 Å². The largest absolute Gasteiger partial charge is 0.383 e. The molecule has 0 aliphatic rings. The highest BCUT2D eigenvalue weighted by atomic mass is 32.2. The maximum atomic E-state index is 11.3. The summed E-state index contributed by atoms with van der Waals surface area (Å²) in [5.41, 5.74) is 0.899. The Balaban J connectivity index is 2.36. The summed E-state index contributed by atoms with van der Waals surface area (Å²) in [7, 11) is -3.11. The second-order valence-electron chi connectivity index (χ2n) is 4.69. The smallest absolute Gasteiger partial charge is 0.175 e. The molecular weight excluding hydrogens is 250 g/mol. The van der Waals surface area contributed by atoms with Crippen LogP contribution in [0.25, 0.3) is 0 Å². The summed E-state index contributed by atoms with van der Waals surface area (Å²) in [6, 6.07) is 6.73. The van der Waals surface area contributed by atoms with Crippen LogP contribution in [0, 0.1) is 5.92 Å². The van der Waals surface area contributed by atoms with Crippen molar-refractivity contribution in [1.29, 1.82) is 0 Å². The lowest BCUT2D eigenvalue weighted by molar-refractivity contribution is 0.118. The van der Waals surface area contributed by atoms with Crippen LogP contribution in [0.2, 0.25) is 0 Å². The van der Waals surface area contributed by atoms with Crippen molar-refractivity contribution in [3.8, 4) is 0 Å². The highest BCUT2D eigenvalue weighted by Gasteiger charge is 2.05. The van der Waals surface area contributed by atoms with Crippen molar-refractivity contribution in [2.45, 2.75) is 18.7 Å². The van der Waals surface area contributed by atoms with Crippen LogP contribution in [0.5, 0.6) is 0 Å². The Hall–Kier alpha value is -1.07. The third kappa shape index (κ3) is 5.51. The fraction of sp³-hybridized carbons (Fsp3) is 0.538. The van der Waals surface area contributed by atoms with E-state index in [-0.39, 0.29) is 0 Å². The van der Waals surface area contributed by atoms with Crippen molar-refractivity contribution in [1.82, 2.24) is 0 Å². The van der Waals surface area contributed by atoms with Crippen molar-refractivity contribution in [2.24, 2.45) is 5.92 Å². The van der Waals surface area contributed by atoms with Gasteiger partial charge in [0.15, 0.2) is 9.84 Å². The summed E-state index contributed by atoms with van der Waals surface area (Å²) in [4.78, 5) is 0.337. The van der Waals surface area contributed by atoms with Crippen LogP contribution in [-0.4, -0.2) is 34.4 Å². The number of hydrogen-bond acceptors (Lipinski definition) is 4. The standard InChI is InChI=1S/C13H21NO3S/c1-11(2)10-17-9-8-14-12-4-6-13(7-5-12)18(3,15)16/h4-7,11,14H,8-10H2,1-3H3. The quantitative estimate of drug-likeness (QED) is 0.772. The Labute approximate surface area is 109 Å². The highest BCUT2D eigenvalue weighted by Crippen LogP contribution is 2.13. The van der Waals surface area contributed by atoms with E-state index in [0.29, 0.717) is 24.0 Å². The number of sulfone groups is 1. The van der Waals surface area contributed by atoms with E-state index in [4.69, 9.17) is 4.74 Å². The molecule has 0 unspecified atom stereocenters. The Kier molecular flexibility index (Phi) is 5.62. The zero-order valence-electron chi connectivity index (χ0n) is 11.1. The lowest BCUT2D eigenvalue weighted by Gasteiger charge is -2.09. The van der Waals surface area contributed by atoms with Gasteiger partial charge < -0.3 is 10.1 Å². The van der Waals surface area contributed by atoms with Gasteiger partial charge in [-0.25, -0.2) is 8.42 Å². The molecule has 0 bridgehead atoms. The van der Waals surface area contributed by atoms with Gasteiger partial charge in [-0.3, -0.25) is 0 Å². The minimum absolute atomic E-state index is 0.337. The van der Waals surface area contributed by atoms with Crippen molar-refractivity contribution in [3.63, 3.8) is 0 Å². The van der Waals surface area contributed by atoms with E-state index in [1.807, 2.05) is 0 Å². The van der Waals surface area contributed by atoms with E-state index in [9.17, 15) is 8.42 Å². The van der Waals surface area contributed by atoms with Crippen LogP contribution in [0.3, 0.4) is 0 Å². The van der Waals surface area contributed by atoms with E-state index >= 15 is 0 Å². The maximum Gasteiger partial charge on any atom is 0.175 e. The predicted molar refractivity (Wildman–Crippen MR) is 73.7 cm³/mol. The molecule has 1 aromatic carbocycles. The molecule has 0 atom stereocenters. The number of nitrogens with one attached hydrogen (secondary N) is 1. The summed E-state index contributed by atoms with van der Waals surface area (Å²) in [5, 5.41) is 3.18. The molecule has 1 rings (SSSR count). The van der Waals surface area contributed by atoms with Gasteiger partial charge in [0.1, 0.15) is 0 Å². The molecule has 102 valence electrons. The minimum Gasteiger partial charge on any atom is -0.383 e. The molecule has 0 fully saturated rings. The van der Waals surface area contributed by atoms with Crippen molar-refractivity contribution >= 4 is 15.5 Å². The normalized spacial score (nSPS) is 11.8. The molecule has 0 spiro atoms. The highest BCUT2D eigenvalue weighted by molar-refractivity contribution is 7.90. The van der Waals surface area contributed by atoms with Crippen LogP contribution >= 0.6 is 0 Å². The predicted octanol–water partition coefficient (Wildman–Crippen LogP) is 2.17. The van der Waals surface area contributed by atoms with Crippen molar-refractivity contribution in [2.75, 3.05) is 31.3 Å². The first-order chi connectivity index (χ1) is 8.39. The third-order valence-electron chi connectivity index (χ3n) is 2.31. The Bertz CT molecular complexity index is 452. The molecule has 0 aliphatic heterocycles. The number of ether oxygens (including phenoxy) is 1. The molecule has 1 N–H and O–H groups in total. The van der Waals surface area contributed by atoms with Gasteiger partial charge in [0, 0.05) is 25.1 Å². The van der Waals surface area contributed by atoms with E-state index in [1.165, 1.54) is 6.26 Å². The van der Waals surface area contributed by atoms with Gasteiger partial charge >= 0.3 is 0 Å². The summed E-state index contributed by atoms with van der Waals surface area (Å²) in [6.07, 6.45) is 1.20. The SMILES string of the molecule is CC(C)COCCNc1ccc(S(C)(=O)=O)cc1. The van der Waals surface area contributed by atoms with Gasteiger partial charge in [0.25, 0.3) is 0 Å². The molecule has 0 radical (unpaired) electrons. The molecule has 0 heterocycles. The zero-order chi connectivity index (χ0) is 13.6. The summed E-state index contributed by atoms with van der Waals surface area (Å²) < 4.78 is 28.0. The Morgan fingerprint density at radius 3 is 2.33 bits per heavy atom. The molecule has 0 saturated heterocycles. The minimum atomic E-state index is -3.11. The lowest BCUT2D eigenvalue weighted by Crippen LogP contribution is -2.12. The van der Waals surface area contributed by atoms with Gasteiger partial charge in [0.2, 0.25) is 0 Å². The second-order valence-corrected chi connectivity index (χ2v) is 6.71. The number of benzene rings is 1. The molecule has 1 aromatic rings. The second kappa shape index (κ2) is 6.75. The molecular formula is C13H21NO3S. The average Bonchev–Trinajstić information content (AvgIpc) is 2.27. The van der Waals surface area contributed by atoms with Crippen LogP contribution in [-0.2, 0) is 14.6 Å². The fourth-order valence-corrected chi connectivity index (χ4v) is 2.04. The van der Waals surface area contributed by atoms with Crippen LogP contribution < -0.4 is 5.32 Å². The number of anilines is 1. The summed E-state index contributed by atoms with van der Waals surface area (Å²) in [5.74, 6) is 0.541. The molecule has 0 saturated carbocycles. The molecule has 5 heteroatoms. The monoisotopic (exact) mass is 271 g/mol. The first kappa shape index (κ1) is 15.0. The van der Waals surface area contributed by atoms with Crippen molar-refractivity contribution < 1.29 is 13.2 Å². The first-order valence-corrected chi connectivity index (χ1v) is 7.90. The van der Waals surface area contributed by atoms with Gasteiger partial charge in [-0.1, -0.05) is 13.8 Å². The molecule has 18 heavy (non-hydrogen) atoms. The fourth-order valence-electron chi connectivity index (χ4n) is 1.41. The van der Waals surface area contributed by atoms with Crippen LogP contribution in [0.1, 0.15) is 13.8 Å². The van der Waals surface area contributed by atoms with Crippen LogP contribution in [0.4, 0.5) is 5.69 Å². The molecule has 4 nitrogen and oxygen atoms in total. The maximum absolute atomic E-state index is 11.3. The van der Waals surface area contributed by atoms with Crippen molar-refractivity contribution in [3.05, 3.63) is 24.3 Å². The summed E-state index contributed by atoms with van der Waals surface area (Å²) >= 11 is 0. The van der Waals surface area contributed by atoms with Crippen LogP contribution in [0.15, 0.2) is 29.2 Å². The van der Waals surface area contributed by atoms with Gasteiger partial charge in [-0.05, 0) is 30.2 Å². The average molecular weight is 271 g/mol. The van der Waals surface area contributed by atoms with Gasteiger partial charge in [-0.15, -0.1) is 0 Å². The molecule has 0 aromatic heterocycles. The van der Waals surface area contributed by atoms with E-state index in [1.54, 1.807) is 24.3 Å².